The summed E-state index contributed by atoms with van der Waals surface area (Å²) in [6.45, 7) is 8.49. The molecule has 1 unspecified atom stereocenters. The predicted molar refractivity (Wildman–Crippen MR) is 71.0 cm³/mol. The van der Waals surface area contributed by atoms with Crippen LogP contribution in [0.5, 0.6) is 0 Å². The number of hydrogen-bond donors (Lipinski definition) is 1. The third-order valence-electron chi connectivity index (χ3n) is 3.75. The summed E-state index contributed by atoms with van der Waals surface area (Å²) in [5.74, 6) is 1.21. The Hall–Kier alpha value is -1.78. The van der Waals surface area contributed by atoms with E-state index in [2.05, 4.69) is 5.32 Å². The second-order valence-corrected chi connectivity index (χ2v) is 4.93. The van der Waals surface area contributed by atoms with Gasteiger partial charge >= 0.3 is 0 Å². The third kappa shape index (κ3) is 2.25. The number of hydrogen-bond acceptors (Lipinski definition) is 3. The molecule has 1 aromatic heterocycles. The zero-order valence-corrected chi connectivity index (χ0v) is 11.9. The minimum Gasteiger partial charge on any atom is -0.466 e. The summed E-state index contributed by atoms with van der Waals surface area (Å²) >= 11 is 0. The monoisotopic (exact) mass is 264 g/mol. The van der Waals surface area contributed by atoms with Crippen molar-refractivity contribution in [1.29, 1.82) is 0 Å². The highest BCUT2D eigenvalue weighted by Gasteiger charge is 2.34. The van der Waals surface area contributed by atoms with E-state index in [1.807, 2.05) is 20.8 Å². The molecule has 2 heterocycles. The molecule has 1 N–H and O–H groups in total. The molecule has 0 aromatic carbocycles. The fraction of sp³-hybridized carbons (Fsp3) is 0.571. The molecule has 1 saturated heterocycles. The van der Waals surface area contributed by atoms with Gasteiger partial charge in [-0.3, -0.25) is 9.59 Å². The number of amides is 2. The van der Waals surface area contributed by atoms with Crippen LogP contribution < -0.4 is 5.32 Å². The van der Waals surface area contributed by atoms with E-state index in [1.54, 1.807) is 11.8 Å². The third-order valence-corrected chi connectivity index (χ3v) is 3.75. The fourth-order valence-electron chi connectivity index (χ4n) is 2.62. The first kappa shape index (κ1) is 13.6. The highest BCUT2D eigenvalue weighted by molar-refractivity contribution is 6.00. The number of furan rings is 1. The molecule has 2 rings (SSSR count). The van der Waals surface area contributed by atoms with Crippen LogP contribution in [0.1, 0.15) is 40.8 Å². The van der Waals surface area contributed by atoms with E-state index >= 15 is 0 Å². The lowest BCUT2D eigenvalue weighted by atomic mass is 10.0. The lowest BCUT2D eigenvalue weighted by Crippen LogP contribution is -2.57. The van der Waals surface area contributed by atoms with Gasteiger partial charge < -0.3 is 14.6 Å². The van der Waals surface area contributed by atoms with Crippen molar-refractivity contribution in [2.45, 2.75) is 40.2 Å². The Balaban J connectivity index is 2.35. The molecule has 2 amide bonds. The summed E-state index contributed by atoms with van der Waals surface area (Å²) < 4.78 is 5.50. The Morgan fingerprint density at radius 3 is 2.58 bits per heavy atom. The number of rotatable bonds is 2. The van der Waals surface area contributed by atoms with Crippen molar-refractivity contribution in [3.63, 3.8) is 0 Å². The van der Waals surface area contributed by atoms with Crippen molar-refractivity contribution < 1.29 is 14.0 Å². The molecule has 5 heteroatoms. The molecule has 5 nitrogen and oxygen atoms in total. The molecular formula is C14H20N2O3. The molecular weight excluding hydrogens is 244 g/mol. The van der Waals surface area contributed by atoms with Gasteiger partial charge in [-0.2, -0.15) is 0 Å². The zero-order valence-electron chi connectivity index (χ0n) is 11.9. The topological polar surface area (TPSA) is 62.6 Å². The highest BCUT2D eigenvalue weighted by Crippen LogP contribution is 2.24. The summed E-state index contributed by atoms with van der Waals surface area (Å²) in [6, 6.07) is -0.379. The van der Waals surface area contributed by atoms with Crippen LogP contribution in [-0.4, -0.2) is 35.8 Å². The molecule has 0 radical (unpaired) electrons. The van der Waals surface area contributed by atoms with Gasteiger partial charge in [0.05, 0.1) is 5.56 Å². The maximum Gasteiger partial charge on any atom is 0.258 e. The maximum absolute atomic E-state index is 12.7. The Morgan fingerprint density at radius 2 is 2.05 bits per heavy atom. The number of piperazine rings is 1. The quantitative estimate of drug-likeness (QED) is 0.881. The maximum atomic E-state index is 12.7. The molecule has 19 heavy (non-hydrogen) atoms. The van der Waals surface area contributed by atoms with Gasteiger partial charge in [0, 0.05) is 18.7 Å². The molecule has 104 valence electrons. The van der Waals surface area contributed by atoms with Gasteiger partial charge in [-0.15, -0.1) is 0 Å². The molecule has 1 aliphatic heterocycles. The van der Waals surface area contributed by atoms with Gasteiger partial charge in [-0.25, -0.2) is 0 Å². The molecule has 1 aliphatic rings. The normalized spacial score (nSPS) is 19.5. The van der Waals surface area contributed by atoms with E-state index in [0.717, 1.165) is 11.3 Å². The van der Waals surface area contributed by atoms with Crippen LogP contribution in [0.25, 0.3) is 0 Å². The van der Waals surface area contributed by atoms with Gasteiger partial charge in [-0.05, 0) is 27.2 Å². The van der Waals surface area contributed by atoms with Gasteiger partial charge in [-0.1, -0.05) is 6.92 Å². The Morgan fingerprint density at radius 1 is 1.37 bits per heavy atom. The van der Waals surface area contributed by atoms with E-state index in [0.29, 0.717) is 30.8 Å². The van der Waals surface area contributed by atoms with Crippen molar-refractivity contribution in [3.05, 3.63) is 22.6 Å². The first-order chi connectivity index (χ1) is 8.97. The van der Waals surface area contributed by atoms with Gasteiger partial charge in [0.25, 0.3) is 5.91 Å². The first-order valence-electron chi connectivity index (χ1n) is 6.62. The van der Waals surface area contributed by atoms with Crippen LogP contribution in [-0.2, 0) is 4.79 Å². The highest BCUT2D eigenvalue weighted by atomic mass is 16.3. The number of carbonyl (C=O) groups is 2. The van der Waals surface area contributed by atoms with E-state index < -0.39 is 0 Å². The standard InChI is InChI=1S/C14H20N2O3/c1-5-11-13(17)15-6-7-16(11)14(18)12-8(2)9(3)19-10(12)4/h11H,5-7H2,1-4H3,(H,15,17). The number of carbonyl (C=O) groups excluding carboxylic acids is 2. The second-order valence-electron chi connectivity index (χ2n) is 4.93. The minimum absolute atomic E-state index is 0.0716. The van der Waals surface area contributed by atoms with E-state index in [4.69, 9.17) is 4.42 Å². The Labute approximate surface area is 113 Å². The number of nitrogens with zero attached hydrogens (tertiary/aromatic N) is 1. The molecule has 0 spiro atoms. The smallest absolute Gasteiger partial charge is 0.258 e. The second kappa shape index (κ2) is 5.07. The van der Waals surface area contributed by atoms with Crippen LogP contribution in [0.3, 0.4) is 0 Å². The van der Waals surface area contributed by atoms with Gasteiger partial charge in [0.1, 0.15) is 17.6 Å². The predicted octanol–water partition coefficient (Wildman–Crippen LogP) is 1.56. The molecule has 1 aromatic rings. The lowest BCUT2D eigenvalue weighted by Gasteiger charge is -2.34. The average molecular weight is 264 g/mol. The van der Waals surface area contributed by atoms with Gasteiger partial charge in [0.15, 0.2) is 0 Å². The zero-order chi connectivity index (χ0) is 14.2. The lowest BCUT2D eigenvalue weighted by molar-refractivity contribution is -0.127. The number of nitrogens with one attached hydrogen (secondary N) is 1. The van der Waals surface area contributed by atoms with Crippen LogP contribution in [0.2, 0.25) is 0 Å². The van der Waals surface area contributed by atoms with E-state index in [1.165, 1.54) is 0 Å². The van der Waals surface area contributed by atoms with Gasteiger partial charge in [0.2, 0.25) is 5.91 Å². The Kier molecular flexibility index (Phi) is 3.64. The molecule has 0 aliphatic carbocycles. The molecule has 0 saturated carbocycles. The summed E-state index contributed by atoms with van der Waals surface area (Å²) in [5.41, 5.74) is 1.47. The summed E-state index contributed by atoms with van der Waals surface area (Å²) in [6.07, 6.45) is 0.618. The SMILES string of the molecule is CCC1C(=O)NCCN1C(=O)c1c(C)oc(C)c1C. The molecule has 1 atom stereocenters. The Bertz CT molecular complexity index is 519. The first-order valence-corrected chi connectivity index (χ1v) is 6.62. The van der Waals surface area contributed by atoms with Crippen molar-refractivity contribution in [2.75, 3.05) is 13.1 Å². The minimum atomic E-state index is -0.379. The van der Waals surface area contributed by atoms with Crippen LogP contribution in [0.4, 0.5) is 0 Å². The molecule has 0 bridgehead atoms. The molecule has 1 fully saturated rings. The number of aryl methyl sites for hydroxylation is 2. The largest absolute Gasteiger partial charge is 0.466 e. The van der Waals surface area contributed by atoms with Crippen molar-refractivity contribution >= 4 is 11.8 Å². The fourth-order valence-corrected chi connectivity index (χ4v) is 2.62. The summed E-state index contributed by atoms with van der Waals surface area (Å²) in [4.78, 5) is 26.1. The van der Waals surface area contributed by atoms with E-state index in [9.17, 15) is 9.59 Å². The average Bonchev–Trinajstić information content (AvgIpc) is 2.62. The summed E-state index contributed by atoms with van der Waals surface area (Å²) in [7, 11) is 0. The van der Waals surface area contributed by atoms with E-state index in [-0.39, 0.29) is 17.9 Å². The van der Waals surface area contributed by atoms with Crippen molar-refractivity contribution in [3.8, 4) is 0 Å². The van der Waals surface area contributed by atoms with Crippen LogP contribution >= 0.6 is 0 Å². The van der Waals surface area contributed by atoms with Crippen LogP contribution in [0, 0.1) is 20.8 Å². The van der Waals surface area contributed by atoms with Crippen molar-refractivity contribution in [1.82, 2.24) is 10.2 Å². The van der Waals surface area contributed by atoms with Crippen molar-refractivity contribution in [2.24, 2.45) is 0 Å². The summed E-state index contributed by atoms with van der Waals surface area (Å²) in [5, 5.41) is 2.80. The van der Waals surface area contributed by atoms with Crippen LogP contribution in [0.15, 0.2) is 4.42 Å².